The van der Waals surface area contributed by atoms with Crippen molar-refractivity contribution in [2.75, 3.05) is 36.5 Å². The minimum atomic E-state index is -0.150. The maximum Gasteiger partial charge on any atom is 0.224 e. The van der Waals surface area contributed by atoms with Crippen LogP contribution in [0.25, 0.3) is 0 Å². The summed E-state index contributed by atoms with van der Waals surface area (Å²) in [5.74, 6) is -0.150. The van der Waals surface area contributed by atoms with Crippen LogP contribution < -0.4 is 10.2 Å². The predicted octanol–water partition coefficient (Wildman–Crippen LogP) is 3.27. The predicted molar refractivity (Wildman–Crippen MR) is 112 cm³/mol. The molecule has 2 aromatic rings. The number of rotatable bonds is 10. The van der Waals surface area contributed by atoms with Crippen LogP contribution in [0.1, 0.15) is 31.0 Å². The van der Waals surface area contributed by atoms with Crippen molar-refractivity contribution >= 4 is 39.5 Å². The van der Waals surface area contributed by atoms with E-state index < -0.39 is 0 Å². The number of aromatic nitrogens is 1. The van der Waals surface area contributed by atoms with E-state index in [1.807, 2.05) is 6.92 Å². The molecule has 154 valence electrons. The van der Waals surface area contributed by atoms with Crippen molar-refractivity contribution in [2.45, 2.75) is 26.7 Å². The van der Waals surface area contributed by atoms with Gasteiger partial charge in [-0.2, -0.15) is 9.64 Å². The molecule has 9 nitrogen and oxygen atoms in total. The molecular weight excluding hydrogens is 392 g/mol. The van der Waals surface area contributed by atoms with Gasteiger partial charge in [-0.25, -0.2) is 0 Å². The lowest BCUT2D eigenvalue weighted by Crippen LogP contribution is -2.29. The highest BCUT2D eigenvalue weighted by Crippen LogP contribution is 2.34. The van der Waals surface area contributed by atoms with Crippen molar-refractivity contribution in [2.24, 2.45) is 10.2 Å². The fourth-order valence-electron chi connectivity index (χ4n) is 2.61. The molecule has 0 unspecified atom stereocenters. The number of carbonyl (C=O) groups excluding carboxylic acids is 1. The van der Waals surface area contributed by atoms with Crippen LogP contribution in [0.4, 0.5) is 22.1 Å². The Bertz CT molecular complexity index is 900. The van der Waals surface area contributed by atoms with Gasteiger partial charge < -0.3 is 20.4 Å². The first-order chi connectivity index (χ1) is 14.0. The second kappa shape index (κ2) is 11.2. The van der Waals surface area contributed by atoms with E-state index in [1.165, 1.54) is 0 Å². The third kappa shape index (κ3) is 6.05. The SMILES string of the molecule is CCCC(=O)Nc1cc(N(CCO)CCO)ccc1N=Nc1snc(C)c1C#N. The van der Waals surface area contributed by atoms with Crippen LogP contribution in [0.15, 0.2) is 28.4 Å². The molecule has 0 saturated carbocycles. The van der Waals surface area contributed by atoms with E-state index in [2.05, 4.69) is 26.0 Å². The number of aliphatic hydroxyl groups excluding tert-OH is 2. The lowest BCUT2D eigenvalue weighted by Gasteiger charge is -2.24. The number of carbonyl (C=O) groups is 1. The number of hydrogen-bond acceptors (Lipinski definition) is 9. The van der Waals surface area contributed by atoms with Crippen LogP contribution in [0.2, 0.25) is 0 Å². The Morgan fingerprint density at radius 1 is 1.31 bits per heavy atom. The number of azo groups is 1. The van der Waals surface area contributed by atoms with Crippen LogP contribution in [0, 0.1) is 18.3 Å². The monoisotopic (exact) mass is 416 g/mol. The first kappa shape index (κ1) is 22.4. The second-order valence-electron chi connectivity index (χ2n) is 6.19. The summed E-state index contributed by atoms with van der Waals surface area (Å²) in [4.78, 5) is 13.9. The van der Waals surface area contributed by atoms with Crippen molar-refractivity contribution in [3.8, 4) is 6.07 Å². The number of nitrogens with one attached hydrogen (secondary N) is 1. The van der Waals surface area contributed by atoms with Crippen LogP contribution in [-0.4, -0.2) is 46.8 Å². The van der Waals surface area contributed by atoms with Crippen LogP contribution in [0.5, 0.6) is 0 Å². The minimum absolute atomic E-state index is 0.0688. The molecular formula is C19H24N6O3S. The lowest BCUT2D eigenvalue weighted by atomic mass is 10.2. The molecule has 1 amide bonds. The molecule has 2 rings (SSSR count). The molecule has 0 fully saturated rings. The summed E-state index contributed by atoms with van der Waals surface area (Å²) in [5, 5.41) is 39.4. The fraction of sp³-hybridized carbons (Fsp3) is 0.421. The van der Waals surface area contributed by atoms with Crippen LogP contribution >= 0.6 is 11.5 Å². The minimum Gasteiger partial charge on any atom is -0.395 e. The molecule has 0 bridgehead atoms. The zero-order valence-corrected chi connectivity index (χ0v) is 17.2. The smallest absolute Gasteiger partial charge is 0.224 e. The summed E-state index contributed by atoms with van der Waals surface area (Å²) in [6, 6.07) is 7.27. The molecule has 0 atom stereocenters. The molecule has 0 saturated heterocycles. The summed E-state index contributed by atoms with van der Waals surface area (Å²) in [7, 11) is 0. The molecule has 1 aromatic heterocycles. The maximum atomic E-state index is 12.1. The number of amides is 1. The molecule has 10 heteroatoms. The molecule has 0 aliphatic carbocycles. The third-order valence-electron chi connectivity index (χ3n) is 4.04. The van der Waals surface area contributed by atoms with Gasteiger partial charge in [0.2, 0.25) is 5.91 Å². The summed E-state index contributed by atoms with van der Waals surface area (Å²) in [6.07, 6.45) is 1.07. The lowest BCUT2D eigenvalue weighted by molar-refractivity contribution is -0.116. The normalized spacial score (nSPS) is 10.9. The Kier molecular flexibility index (Phi) is 8.67. The van der Waals surface area contributed by atoms with Gasteiger partial charge >= 0.3 is 0 Å². The van der Waals surface area contributed by atoms with E-state index in [1.54, 1.807) is 30.0 Å². The summed E-state index contributed by atoms with van der Waals surface area (Å²) >= 11 is 1.09. The number of aliphatic hydroxyl groups is 2. The zero-order valence-electron chi connectivity index (χ0n) is 16.4. The van der Waals surface area contributed by atoms with Crippen LogP contribution in [-0.2, 0) is 4.79 Å². The third-order valence-corrected chi connectivity index (χ3v) is 4.87. The highest BCUT2D eigenvalue weighted by molar-refractivity contribution is 7.10. The van der Waals surface area contributed by atoms with Gasteiger partial charge in [-0.05, 0) is 43.1 Å². The van der Waals surface area contributed by atoms with E-state index in [4.69, 9.17) is 0 Å². The van der Waals surface area contributed by atoms with Gasteiger partial charge in [0, 0.05) is 25.2 Å². The quantitative estimate of drug-likeness (QED) is 0.509. The van der Waals surface area contributed by atoms with Gasteiger partial charge in [-0.3, -0.25) is 4.79 Å². The summed E-state index contributed by atoms with van der Waals surface area (Å²) in [5.41, 5.74) is 2.60. The molecule has 1 heterocycles. The Morgan fingerprint density at radius 3 is 2.66 bits per heavy atom. The van der Waals surface area contributed by atoms with Crippen LogP contribution in [0.3, 0.4) is 0 Å². The van der Waals surface area contributed by atoms with Gasteiger partial charge in [0.05, 0.1) is 24.6 Å². The molecule has 1 aromatic carbocycles. The molecule has 29 heavy (non-hydrogen) atoms. The Morgan fingerprint density at radius 2 is 2.03 bits per heavy atom. The van der Waals surface area contributed by atoms with Gasteiger partial charge in [0.25, 0.3) is 0 Å². The number of anilines is 2. The largest absolute Gasteiger partial charge is 0.395 e. The number of hydrogen-bond donors (Lipinski definition) is 3. The summed E-state index contributed by atoms with van der Waals surface area (Å²) in [6.45, 7) is 4.19. The van der Waals surface area contributed by atoms with Crippen molar-refractivity contribution in [1.82, 2.24) is 4.37 Å². The van der Waals surface area contributed by atoms with E-state index >= 15 is 0 Å². The van der Waals surface area contributed by atoms with E-state index in [0.29, 0.717) is 53.6 Å². The van der Waals surface area contributed by atoms with Gasteiger partial charge in [-0.1, -0.05) is 6.92 Å². The Hall–Kier alpha value is -2.87. The molecule has 0 spiro atoms. The van der Waals surface area contributed by atoms with Gasteiger partial charge in [0.15, 0.2) is 5.00 Å². The number of aryl methyl sites for hydroxylation is 1. The van der Waals surface area contributed by atoms with Crippen molar-refractivity contribution in [1.29, 1.82) is 5.26 Å². The number of nitriles is 1. The number of benzene rings is 1. The van der Waals surface area contributed by atoms with E-state index in [0.717, 1.165) is 17.2 Å². The topological polar surface area (TPSA) is 134 Å². The van der Waals surface area contributed by atoms with Crippen molar-refractivity contribution in [3.05, 3.63) is 29.5 Å². The first-order valence-corrected chi connectivity index (χ1v) is 10.00. The fourth-order valence-corrected chi connectivity index (χ4v) is 3.29. The standard InChI is InChI=1S/C19H24N6O3S/c1-3-4-18(28)21-17-11-14(25(7-9-26)8-10-27)5-6-16(17)22-23-19-15(12-20)13(2)24-29-19/h5-6,11,26-27H,3-4,7-10H2,1-2H3,(H,21,28). The van der Waals surface area contributed by atoms with Gasteiger partial charge in [-0.15, -0.1) is 10.2 Å². The average molecular weight is 417 g/mol. The van der Waals surface area contributed by atoms with E-state index in [9.17, 15) is 20.3 Å². The number of nitrogens with zero attached hydrogens (tertiary/aromatic N) is 5. The highest BCUT2D eigenvalue weighted by Gasteiger charge is 2.13. The molecule has 3 N–H and O–H groups in total. The highest BCUT2D eigenvalue weighted by atomic mass is 32.1. The zero-order chi connectivity index (χ0) is 21.2. The molecule has 0 radical (unpaired) electrons. The first-order valence-electron chi connectivity index (χ1n) is 9.22. The molecule has 0 aliphatic rings. The second-order valence-corrected chi connectivity index (χ2v) is 6.95. The maximum absolute atomic E-state index is 12.1. The summed E-state index contributed by atoms with van der Waals surface area (Å²) < 4.78 is 4.11. The van der Waals surface area contributed by atoms with Crippen molar-refractivity contribution < 1.29 is 15.0 Å². The average Bonchev–Trinajstić information content (AvgIpc) is 3.06. The van der Waals surface area contributed by atoms with E-state index in [-0.39, 0.29) is 19.1 Å². The Balaban J connectivity index is 2.40. The Labute approximate surface area is 173 Å². The van der Waals surface area contributed by atoms with Crippen molar-refractivity contribution in [3.63, 3.8) is 0 Å². The van der Waals surface area contributed by atoms with Gasteiger partial charge in [0.1, 0.15) is 17.3 Å². The molecule has 0 aliphatic heterocycles.